The molecule has 1 rings (SSSR count). The van der Waals surface area contributed by atoms with Crippen LogP contribution in [0.3, 0.4) is 0 Å². The molecular weight excluding hydrogens is 232 g/mol. The zero-order valence-corrected chi connectivity index (χ0v) is 11.1. The first-order valence-electron chi connectivity index (χ1n) is 6.09. The highest BCUT2D eigenvalue weighted by molar-refractivity contribution is 5.90. The lowest BCUT2D eigenvalue weighted by Gasteiger charge is -2.17. The van der Waals surface area contributed by atoms with E-state index in [-0.39, 0.29) is 11.7 Å². The predicted octanol–water partition coefficient (Wildman–Crippen LogP) is 2.82. The van der Waals surface area contributed by atoms with Crippen molar-refractivity contribution in [1.82, 2.24) is 0 Å². The van der Waals surface area contributed by atoms with Gasteiger partial charge >= 0.3 is 5.97 Å². The Hall–Kier alpha value is -1.55. The van der Waals surface area contributed by atoms with Crippen molar-refractivity contribution in [3.8, 4) is 5.75 Å². The van der Waals surface area contributed by atoms with Crippen molar-refractivity contribution < 1.29 is 19.4 Å². The summed E-state index contributed by atoms with van der Waals surface area (Å²) >= 11 is 0. The lowest BCUT2D eigenvalue weighted by Crippen LogP contribution is -2.19. The van der Waals surface area contributed by atoms with Crippen LogP contribution in [0.2, 0.25) is 0 Å². The van der Waals surface area contributed by atoms with Crippen LogP contribution in [-0.4, -0.2) is 30.4 Å². The van der Waals surface area contributed by atoms with Gasteiger partial charge in [-0.25, -0.2) is 4.79 Å². The molecule has 0 heterocycles. The fraction of sp³-hybridized carbons (Fsp3) is 0.500. The van der Waals surface area contributed by atoms with Gasteiger partial charge in [0.15, 0.2) is 0 Å². The third kappa shape index (κ3) is 4.37. The van der Waals surface area contributed by atoms with Gasteiger partial charge in [0.05, 0.1) is 12.7 Å². The number of carboxylic acids is 1. The first kappa shape index (κ1) is 14.5. The van der Waals surface area contributed by atoms with E-state index in [0.29, 0.717) is 24.9 Å². The maximum absolute atomic E-state index is 10.9. The molecule has 0 fully saturated rings. The summed E-state index contributed by atoms with van der Waals surface area (Å²) in [5, 5.41) is 8.97. The minimum Gasteiger partial charge on any atom is -0.490 e. The van der Waals surface area contributed by atoms with E-state index >= 15 is 0 Å². The van der Waals surface area contributed by atoms with Crippen LogP contribution in [0.1, 0.15) is 31.1 Å². The average molecular weight is 252 g/mol. The standard InChI is InChI=1S/C14H20O4/c1-10(2)11(3)17-8-9-18-13-7-5-4-6-12(13)14(15)16/h4-7,10-11H,8-9H2,1-3H3,(H,15,16). The fourth-order valence-corrected chi connectivity index (χ4v) is 1.35. The maximum atomic E-state index is 10.9. The number of hydrogen-bond donors (Lipinski definition) is 1. The quantitative estimate of drug-likeness (QED) is 0.758. The Bertz CT molecular complexity index is 387. The molecular formula is C14H20O4. The summed E-state index contributed by atoms with van der Waals surface area (Å²) in [5.74, 6) is -0.149. The zero-order chi connectivity index (χ0) is 13.5. The van der Waals surface area contributed by atoms with Crippen LogP contribution < -0.4 is 4.74 Å². The van der Waals surface area contributed by atoms with Gasteiger partial charge in [-0.1, -0.05) is 26.0 Å². The Morgan fingerprint density at radius 2 is 1.89 bits per heavy atom. The van der Waals surface area contributed by atoms with Crippen molar-refractivity contribution in [3.05, 3.63) is 29.8 Å². The summed E-state index contributed by atoms with van der Waals surface area (Å²) in [5.41, 5.74) is 0.175. The van der Waals surface area contributed by atoms with E-state index in [9.17, 15) is 4.79 Å². The Labute approximate surface area is 108 Å². The third-order valence-electron chi connectivity index (χ3n) is 2.78. The van der Waals surface area contributed by atoms with Crippen molar-refractivity contribution >= 4 is 5.97 Å². The number of aromatic carboxylic acids is 1. The van der Waals surface area contributed by atoms with E-state index in [1.54, 1.807) is 18.2 Å². The molecule has 100 valence electrons. The number of rotatable bonds is 7. The normalized spacial score (nSPS) is 12.4. The van der Waals surface area contributed by atoms with Gasteiger partial charge in [0.2, 0.25) is 0 Å². The van der Waals surface area contributed by atoms with Gasteiger partial charge in [-0.15, -0.1) is 0 Å². The fourth-order valence-electron chi connectivity index (χ4n) is 1.35. The molecule has 0 saturated carbocycles. The minimum absolute atomic E-state index is 0.170. The topological polar surface area (TPSA) is 55.8 Å². The molecule has 1 aromatic carbocycles. The molecule has 0 aromatic heterocycles. The van der Waals surface area contributed by atoms with Crippen LogP contribution in [0.25, 0.3) is 0 Å². The molecule has 0 amide bonds. The summed E-state index contributed by atoms with van der Waals surface area (Å²) < 4.78 is 11.0. The molecule has 1 unspecified atom stereocenters. The number of hydrogen-bond acceptors (Lipinski definition) is 3. The molecule has 1 aromatic rings. The SMILES string of the molecule is CC(C)C(C)OCCOc1ccccc1C(=O)O. The Balaban J connectivity index is 2.42. The number of carboxylic acid groups (broad SMARTS) is 1. The van der Waals surface area contributed by atoms with Gasteiger partial charge in [-0.2, -0.15) is 0 Å². The molecule has 1 atom stereocenters. The first-order valence-corrected chi connectivity index (χ1v) is 6.09. The predicted molar refractivity (Wildman–Crippen MR) is 69.1 cm³/mol. The number of benzene rings is 1. The average Bonchev–Trinajstić information content (AvgIpc) is 2.34. The van der Waals surface area contributed by atoms with Gasteiger partial charge in [0.1, 0.15) is 17.9 Å². The molecule has 0 saturated heterocycles. The highest BCUT2D eigenvalue weighted by atomic mass is 16.5. The molecule has 0 radical (unpaired) electrons. The maximum Gasteiger partial charge on any atom is 0.339 e. The van der Waals surface area contributed by atoms with Gasteiger partial charge < -0.3 is 14.6 Å². The van der Waals surface area contributed by atoms with Gasteiger partial charge in [-0.05, 0) is 25.0 Å². The summed E-state index contributed by atoms with van der Waals surface area (Å²) in [7, 11) is 0. The van der Waals surface area contributed by atoms with Crippen LogP contribution in [0.15, 0.2) is 24.3 Å². The monoisotopic (exact) mass is 252 g/mol. The number of carbonyl (C=O) groups is 1. The van der Waals surface area contributed by atoms with E-state index in [1.165, 1.54) is 6.07 Å². The van der Waals surface area contributed by atoms with Crippen LogP contribution in [0.4, 0.5) is 0 Å². The van der Waals surface area contributed by atoms with Crippen LogP contribution in [-0.2, 0) is 4.74 Å². The highest BCUT2D eigenvalue weighted by Crippen LogP contribution is 2.17. The Kier molecular flexibility index (Phi) is 5.65. The number of ether oxygens (including phenoxy) is 2. The van der Waals surface area contributed by atoms with Gasteiger partial charge in [0.25, 0.3) is 0 Å². The molecule has 4 nitrogen and oxygen atoms in total. The molecule has 1 N–H and O–H groups in total. The summed E-state index contributed by atoms with van der Waals surface area (Å²) in [6, 6.07) is 6.59. The van der Waals surface area contributed by atoms with E-state index in [2.05, 4.69) is 13.8 Å². The molecule has 18 heavy (non-hydrogen) atoms. The second-order valence-corrected chi connectivity index (χ2v) is 4.47. The molecule has 4 heteroatoms. The lowest BCUT2D eigenvalue weighted by molar-refractivity contribution is 0.0185. The van der Waals surface area contributed by atoms with E-state index in [1.807, 2.05) is 6.92 Å². The zero-order valence-electron chi connectivity index (χ0n) is 11.1. The van der Waals surface area contributed by atoms with Crippen molar-refractivity contribution in [3.63, 3.8) is 0 Å². The van der Waals surface area contributed by atoms with Crippen molar-refractivity contribution in [2.45, 2.75) is 26.9 Å². The van der Waals surface area contributed by atoms with E-state index in [0.717, 1.165) is 0 Å². The summed E-state index contributed by atoms with van der Waals surface area (Å²) in [6.07, 6.45) is 0.170. The third-order valence-corrected chi connectivity index (χ3v) is 2.78. The smallest absolute Gasteiger partial charge is 0.339 e. The highest BCUT2D eigenvalue weighted by Gasteiger charge is 2.10. The summed E-state index contributed by atoms with van der Waals surface area (Å²) in [4.78, 5) is 10.9. The van der Waals surface area contributed by atoms with Crippen molar-refractivity contribution in [1.29, 1.82) is 0 Å². The largest absolute Gasteiger partial charge is 0.490 e. The molecule has 0 bridgehead atoms. The number of para-hydroxylation sites is 1. The second-order valence-electron chi connectivity index (χ2n) is 4.47. The van der Waals surface area contributed by atoms with Gasteiger partial charge in [0, 0.05) is 0 Å². The molecule has 0 spiro atoms. The second kappa shape index (κ2) is 7.01. The minimum atomic E-state index is -0.984. The molecule has 0 aliphatic carbocycles. The lowest BCUT2D eigenvalue weighted by atomic mass is 10.1. The van der Waals surface area contributed by atoms with Crippen molar-refractivity contribution in [2.75, 3.05) is 13.2 Å². The van der Waals surface area contributed by atoms with Gasteiger partial charge in [-0.3, -0.25) is 0 Å². The van der Waals surface area contributed by atoms with E-state index < -0.39 is 5.97 Å². The van der Waals surface area contributed by atoms with Crippen LogP contribution in [0.5, 0.6) is 5.75 Å². The van der Waals surface area contributed by atoms with Crippen LogP contribution >= 0.6 is 0 Å². The molecule has 0 aliphatic rings. The summed E-state index contributed by atoms with van der Waals surface area (Å²) in [6.45, 7) is 6.99. The Morgan fingerprint density at radius 3 is 2.50 bits per heavy atom. The van der Waals surface area contributed by atoms with Crippen molar-refractivity contribution in [2.24, 2.45) is 5.92 Å². The Morgan fingerprint density at radius 1 is 1.22 bits per heavy atom. The molecule has 0 aliphatic heterocycles. The first-order chi connectivity index (χ1) is 8.52. The van der Waals surface area contributed by atoms with Crippen LogP contribution in [0, 0.1) is 5.92 Å². The van der Waals surface area contributed by atoms with E-state index in [4.69, 9.17) is 14.6 Å².